The molecule has 1 N–H and O–H groups in total. The zero-order valence-corrected chi connectivity index (χ0v) is 14.3. The summed E-state index contributed by atoms with van der Waals surface area (Å²) < 4.78 is 0. The maximum atomic E-state index is 12.4. The number of hydrogen-bond donors (Lipinski definition) is 1. The number of amides is 1. The average Bonchev–Trinajstić information content (AvgIpc) is 3.42. The Bertz CT molecular complexity index is 739. The molecule has 0 bridgehead atoms. The number of carbonyl (C=O) groups is 1. The largest absolute Gasteiger partial charge is 0.378 e. The minimum Gasteiger partial charge on any atom is -0.378 e. The van der Waals surface area contributed by atoms with Crippen molar-refractivity contribution in [3.05, 3.63) is 60.2 Å². The van der Waals surface area contributed by atoms with Crippen LogP contribution in [0.2, 0.25) is 0 Å². The standard InChI is InChI=1S/C21H24N2O/c1-14-20(22-17-8-4-3-5-9-17)18-10-6-7-11-19(18)23(15(2)24)21(14)16-12-13-16/h3-11,14,16,20-22H,12-13H2,1-2H3/t14-,20?,21?/m0/s1. The number of anilines is 2. The smallest absolute Gasteiger partial charge is 0.224 e. The summed E-state index contributed by atoms with van der Waals surface area (Å²) in [6.07, 6.45) is 2.47. The molecule has 3 heteroatoms. The second-order valence-electron chi connectivity index (χ2n) is 7.12. The van der Waals surface area contributed by atoms with Crippen LogP contribution in [-0.2, 0) is 4.79 Å². The molecule has 0 saturated heterocycles. The third-order valence-electron chi connectivity index (χ3n) is 5.43. The van der Waals surface area contributed by atoms with Gasteiger partial charge in [-0.15, -0.1) is 0 Å². The van der Waals surface area contributed by atoms with Crippen LogP contribution < -0.4 is 10.2 Å². The van der Waals surface area contributed by atoms with Crippen LogP contribution in [0.4, 0.5) is 11.4 Å². The van der Waals surface area contributed by atoms with Crippen LogP contribution >= 0.6 is 0 Å². The van der Waals surface area contributed by atoms with E-state index >= 15 is 0 Å². The summed E-state index contributed by atoms with van der Waals surface area (Å²) in [7, 11) is 0. The molecule has 4 rings (SSSR count). The molecule has 1 heterocycles. The Labute approximate surface area is 143 Å². The highest BCUT2D eigenvalue weighted by Gasteiger charge is 2.47. The summed E-state index contributed by atoms with van der Waals surface area (Å²) in [6, 6.07) is 19.2. The third kappa shape index (κ3) is 2.58. The van der Waals surface area contributed by atoms with Gasteiger partial charge in [0.2, 0.25) is 5.91 Å². The van der Waals surface area contributed by atoms with Gasteiger partial charge in [0.25, 0.3) is 0 Å². The van der Waals surface area contributed by atoms with Crippen LogP contribution in [0.5, 0.6) is 0 Å². The molecule has 2 unspecified atom stereocenters. The SMILES string of the molecule is CC(=O)N1c2ccccc2C(Nc2ccccc2)[C@H](C)C1C1CC1. The monoisotopic (exact) mass is 320 g/mol. The van der Waals surface area contributed by atoms with E-state index in [-0.39, 0.29) is 11.9 Å². The number of para-hydroxylation sites is 2. The van der Waals surface area contributed by atoms with Crippen molar-refractivity contribution < 1.29 is 4.79 Å². The van der Waals surface area contributed by atoms with Crippen molar-refractivity contribution in [2.75, 3.05) is 10.2 Å². The maximum Gasteiger partial charge on any atom is 0.224 e. The lowest BCUT2D eigenvalue weighted by Gasteiger charge is -2.46. The van der Waals surface area contributed by atoms with Gasteiger partial charge in [0, 0.05) is 30.3 Å². The second kappa shape index (κ2) is 5.97. The topological polar surface area (TPSA) is 32.3 Å². The first kappa shape index (κ1) is 15.3. The zero-order valence-electron chi connectivity index (χ0n) is 14.3. The Kier molecular flexibility index (Phi) is 3.79. The predicted octanol–water partition coefficient (Wildman–Crippen LogP) is 4.62. The summed E-state index contributed by atoms with van der Waals surface area (Å²) in [5.41, 5.74) is 3.43. The quantitative estimate of drug-likeness (QED) is 0.895. The fourth-order valence-electron chi connectivity index (χ4n) is 4.23. The number of benzene rings is 2. The van der Waals surface area contributed by atoms with E-state index < -0.39 is 0 Å². The molecule has 2 aromatic rings. The maximum absolute atomic E-state index is 12.4. The van der Waals surface area contributed by atoms with Crippen molar-refractivity contribution in [3.8, 4) is 0 Å². The molecule has 2 aromatic carbocycles. The molecule has 124 valence electrons. The van der Waals surface area contributed by atoms with Crippen LogP contribution in [0, 0.1) is 11.8 Å². The molecule has 1 aliphatic heterocycles. The highest BCUT2D eigenvalue weighted by Crippen LogP contribution is 2.49. The van der Waals surface area contributed by atoms with Crippen LogP contribution in [0.1, 0.15) is 38.3 Å². The Balaban J connectivity index is 1.78. The van der Waals surface area contributed by atoms with Crippen LogP contribution in [-0.4, -0.2) is 11.9 Å². The number of hydrogen-bond acceptors (Lipinski definition) is 2. The number of nitrogens with one attached hydrogen (secondary N) is 1. The van der Waals surface area contributed by atoms with Gasteiger partial charge in [-0.1, -0.05) is 43.3 Å². The van der Waals surface area contributed by atoms with Crippen molar-refractivity contribution in [1.29, 1.82) is 0 Å². The fraction of sp³-hybridized carbons (Fsp3) is 0.381. The van der Waals surface area contributed by atoms with Crippen molar-refractivity contribution in [2.24, 2.45) is 11.8 Å². The van der Waals surface area contributed by atoms with Gasteiger partial charge >= 0.3 is 0 Å². The van der Waals surface area contributed by atoms with Gasteiger partial charge in [-0.2, -0.15) is 0 Å². The minimum atomic E-state index is 0.157. The third-order valence-corrected chi connectivity index (χ3v) is 5.43. The van der Waals surface area contributed by atoms with Gasteiger partial charge in [-0.3, -0.25) is 4.79 Å². The Morgan fingerprint density at radius 2 is 1.71 bits per heavy atom. The van der Waals surface area contributed by atoms with Crippen molar-refractivity contribution >= 4 is 17.3 Å². The highest BCUT2D eigenvalue weighted by molar-refractivity contribution is 5.94. The fourth-order valence-corrected chi connectivity index (χ4v) is 4.23. The lowest BCUT2D eigenvalue weighted by Crippen LogP contribution is -2.51. The molecule has 2 aliphatic rings. The van der Waals surface area contributed by atoms with Crippen LogP contribution in [0.15, 0.2) is 54.6 Å². The summed E-state index contributed by atoms with van der Waals surface area (Å²) in [5.74, 6) is 1.16. The first-order valence-corrected chi connectivity index (χ1v) is 8.87. The lowest BCUT2D eigenvalue weighted by atomic mass is 9.80. The lowest BCUT2D eigenvalue weighted by molar-refractivity contribution is -0.117. The van der Waals surface area contributed by atoms with E-state index in [1.54, 1.807) is 6.92 Å². The van der Waals surface area contributed by atoms with E-state index in [1.807, 2.05) is 12.1 Å². The molecular formula is C21H24N2O. The van der Waals surface area contributed by atoms with E-state index in [4.69, 9.17) is 0 Å². The Morgan fingerprint density at radius 1 is 1.04 bits per heavy atom. The molecule has 0 aromatic heterocycles. The number of fused-ring (bicyclic) bond motifs is 1. The van der Waals surface area contributed by atoms with Gasteiger partial charge in [0.1, 0.15) is 0 Å². The normalized spacial score (nSPS) is 25.9. The molecule has 3 atom stereocenters. The molecule has 1 saturated carbocycles. The van der Waals surface area contributed by atoms with Gasteiger partial charge in [-0.25, -0.2) is 0 Å². The molecule has 1 aliphatic carbocycles. The summed E-state index contributed by atoms with van der Waals surface area (Å²) in [6.45, 7) is 3.99. The first-order valence-electron chi connectivity index (χ1n) is 8.87. The zero-order chi connectivity index (χ0) is 16.7. The number of carbonyl (C=O) groups excluding carboxylic acids is 1. The minimum absolute atomic E-state index is 0.157. The van der Waals surface area contributed by atoms with E-state index in [9.17, 15) is 4.79 Å². The molecule has 3 nitrogen and oxygen atoms in total. The number of rotatable bonds is 3. The first-order chi connectivity index (χ1) is 11.7. The van der Waals surface area contributed by atoms with Crippen molar-refractivity contribution in [1.82, 2.24) is 0 Å². The Hall–Kier alpha value is -2.29. The van der Waals surface area contributed by atoms with Crippen molar-refractivity contribution in [2.45, 2.75) is 38.8 Å². The molecule has 24 heavy (non-hydrogen) atoms. The molecule has 0 spiro atoms. The molecule has 1 fully saturated rings. The van der Waals surface area contributed by atoms with Crippen molar-refractivity contribution in [3.63, 3.8) is 0 Å². The summed E-state index contributed by atoms with van der Waals surface area (Å²) >= 11 is 0. The van der Waals surface area contributed by atoms with Gasteiger partial charge < -0.3 is 10.2 Å². The highest BCUT2D eigenvalue weighted by atomic mass is 16.2. The van der Waals surface area contributed by atoms with Gasteiger partial charge in [-0.05, 0) is 42.5 Å². The average molecular weight is 320 g/mol. The second-order valence-corrected chi connectivity index (χ2v) is 7.12. The van der Waals surface area contributed by atoms with Gasteiger partial charge in [0.05, 0.1) is 6.04 Å². The summed E-state index contributed by atoms with van der Waals surface area (Å²) in [4.78, 5) is 14.5. The molecular weight excluding hydrogens is 296 g/mol. The van der Waals surface area contributed by atoms with E-state index in [2.05, 4.69) is 59.6 Å². The number of nitrogens with zero attached hydrogens (tertiary/aromatic N) is 1. The predicted molar refractivity (Wildman–Crippen MR) is 98.1 cm³/mol. The van der Waals surface area contributed by atoms with Crippen LogP contribution in [0.3, 0.4) is 0 Å². The van der Waals surface area contributed by atoms with Crippen LogP contribution in [0.25, 0.3) is 0 Å². The van der Waals surface area contributed by atoms with E-state index in [1.165, 1.54) is 18.4 Å². The molecule has 0 radical (unpaired) electrons. The van der Waals surface area contributed by atoms with E-state index in [0.717, 1.165) is 11.4 Å². The molecule has 1 amide bonds. The Morgan fingerprint density at radius 3 is 2.38 bits per heavy atom. The van der Waals surface area contributed by atoms with E-state index in [0.29, 0.717) is 17.9 Å². The summed E-state index contributed by atoms with van der Waals surface area (Å²) in [5, 5.41) is 3.72. The van der Waals surface area contributed by atoms with Gasteiger partial charge in [0.15, 0.2) is 0 Å².